The van der Waals surface area contributed by atoms with E-state index in [4.69, 9.17) is 15.0 Å². The van der Waals surface area contributed by atoms with Crippen molar-refractivity contribution in [3.8, 4) is 5.75 Å². The van der Waals surface area contributed by atoms with Gasteiger partial charge in [0.2, 0.25) is 5.89 Å². The van der Waals surface area contributed by atoms with Crippen molar-refractivity contribution >= 4 is 12.4 Å². The Kier molecular flexibility index (Phi) is 5.08. The van der Waals surface area contributed by atoms with Gasteiger partial charge in [-0.25, -0.2) is 0 Å². The summed E-state index contributed by atoms with van der Waals surface area (Å²) in [5, 5.41) is 4.12. The molecule has 3 rings (SSSR count). The Labute approximate surface area is 136 Å². The number of rotatable bonds is 4. The van der Waals surface area contributed by atoms with Crippen molar-refractivity contribution in [3.63, 3.8) is 0 Å². The van der Waals surface area contributed by atoms with Gasteiger partial charge in [0.05, 0.1) is 18.6 Å². The van der Waals surface area contributed by atoms with Gasteiger partial charge in [-0.15, -0.1) is 12.4 Å². The van der Waals surface area contributed by atoms with Gasteiger partial charge < -0.3 is 15.0 Å². The standard InChI is InChI=1S/C16H21N3O2.ClH/c1-11(12-6-5-7-13(10-12)20-2)14-18-15(19-21-14)16(17)8-3-4-9-16;/h5-7,10-11H,3-4,8-9,17H2,1-2H3;1H. The first-order valence-electron chi connectivity index (χ1n) is 7.39. The number of hydrogen-bond acceptors (Lipinski definition) is 5. The summed E-state index contributed by atoms with van der Waals surface area (Å²) in [4.78, 5) is 4.55. The van der Waals surface area contributed by atoms with E-state index in [1.54, 1.807) is 7.11 Å². The Morgan fingerprint density at radius 3 is 2.73 bits per heavy atom. The zero-order valence-electron chi connectivity index (χ0n) is 12.9. The second-order valence-corrected chi connectivity index (χ2v) is 5.82. The lowest BCUT2D eigenvalue weighted by molar-refractivity contribution is 0.343. The van der Waals surface area contributed by atoms with Crippen LogP contribution in [-0.2, 0) is 5.54 Å². The Hall–Kier alpha value is -1.59. The molecule has 0 bridgehead atoms. The lowest BCUT2D eigenvalue weighted by Gasteiger charge is -2.17. The third kappa shape index (κ3) is 3.10. The quantitative estimate of drug-likeness (QED) is 0.933. The molecule has 1 saturated carbocycles. The average molecular weight is 324 g/mol. The van der Waals surface area contributed by atoms with E-state index in [1.165, 1.54) is 0 Å². The number of nitrogens with two attached hydrogens (primary N) is 1. The molecule has 120 valence electrons. The molecule has 1 aliphatic carbocycles. The van der Waals surface area contributed by atoms with E-state index in [0.29, 0.717) is 11.7 Å². The van der Waals surface area contributed by atoms with Gasteiger partial charge in [0.15, 0.2) is 5.82 Å². The molecule has 22 heavy (non-hydrogen) atoms. The highest BCUT2D eigenvalue weighted by Gasteiger charge is 2.36. The van der Waals surface area contributed by atoms with E-state index in [2.05, 4.69) is 10.1 Å². The zero-order valence-corrected chi connectivity index (χ0v) is 13.7. The Balaban J connectivity index is 0.00000176. The first-order valence-corrected chi connectivity index (χ1v) is 7.39. The number of aromatic nitrogens is 2. The molecule has 1 fully saturated rings. The van der Waals surface area contributed by atoms with E-state index < -0.39 is 5.54 Å². The SMILES string of the molecule is COc1cccc(C(C)c2nc(C3(N)CCCC3)no2)c1.Cl. The van der Waals surface area contributed by atoms with Crippen molar-refractivity contribution in [1.29, 1.82) is 0 Å². The minimum atomic E-state index is -0.407. The maximum atomic E-state index is 6.37. The fourth-order valence-corrected chi connectivity index (χ4v) is 2.90. The van der Waals surface area contributed by atoms with Crippen molar-refractivity contribution in [2.45, 2.75) is 44.1 Å². The number of ether oxygens (including phenoxy) is 1. The van der Waals surface area contributed by atoms with Crippen LogP contribution in [0.3, 0.4) is 0 Å². The predicted molar refractivity (Wildman–Crippen MR) is 86.4 cm³/mol. The molecule has 0 spiro atoms. The molecule has 1 heterocycles. The molecule has 5 nitrogen and oxygen atoms in total. The van der Waals surface area contributed by atoms with Gasteiger partial charge in [-0.1, -0.05) is 30.1 Å². The van der Waals surface area contributed by atoms with Crippen LogP contribution in [0.25, 0.3) is 0 Å². The minimum Gasteiger partial charge on any atom is -0.497 e. The molecule has 2 N–H and O–H groups in total. The second kappa shape index (κ2) is 6.67. The zero-order chi connectivity index (χ0) is 14.9. The van der Waals surface area contributed by atoms with Gasteiger partial charge in [-0.3, -0.25) is 0 Å². The molecule has 0 saturated heterocycles. The molecular formula is C16H22ClN3O2. The van der Waals surface area contributed by atoms with Crippen LogP contribution in [0.5, 0.6) is 5.75 Å². The Morgan fingerprint density at radius 1 is 1.32 bits per heavy atom. The summed E-state index contributed by atoms with van der Waals surface area (Å²) in [5.41, 5.74) is 7.05. The topological polar surface area (TPSA) is 74.2 Å². The highest BCUT2D eigenvalue weighted by atomic mass is 35.5. The summed E-state index contributed by atoms with van der Waals surface area (Å²) in [6.45, 7) is 2.05. The third-order valence-electron chi connectivity index (χ3n) is 4.35. The maximum absolute atomic E-state index is 6.37. The third-order valence-corrected chi connectivity index (χ3v) is 4.35. The number of halogens is 1. The maximum Gasteiger partial charge on any atom is 0.233 e. The smallest absolute Gasteiger partial charge is 0.233 e. The minimum absolute atomic E-state index is 0. The predicted octanol–water partition coefficient (Wildman–Crippen LogP) is 3.38. The average Bonchev–Trinajstić information content (AvgIpc) is 3.16. The van der Waals surface area contributed by atoms with Crippen LogP contribution in [0.15, 0.2) is 28.8 Å². The van der Waals surface area contributed by atoms with Gasteiger partial charge in [0.1, 0.15) is 5.75 Å². The molecule has 1 atom stereocenters. The van der Waals surface area contributed by atoms with E-state index in [9.17, 15) is 0 Å². The van der Waals surface area contributed by atoms with Crippen LogP contribution in [0.4, 0.5) is 0 Å². The highest BCUT2D eigenvalue weighted by molar-refractivity contribution is 5.85. The fourth-order valence-electron chi connectivity index (χ4n) is 2.90. The van der Waals surface area contributed by atoms with E-state index >= 15 is 0 Å². The summed E-state index contributed by atoms with van der Waals surface area (Å²) in [5.74, 6) is 2.09. The Morgan fingerprint density at radius 2 is 2.05 bits per heavy atom. The summed E-state index contributed by atoms with van der Waals surface area (Å²) in [7, 11) is 1.66. The van der Waals surface area contributed by atoms with Crippen LogP contribution in [0.2, 0.25) is 0 Å². The van der Waals surface area contributed by atoms with Crippen molar-refractivity contribution < 1.29 is 9.26 Å². The van der Waals surface area contributed by atoms with Crippen molar-refractivity contribution in [3.05, 3.63) is 41.5 Å². The number of hydrogen-bond donors (Lipinski definition) is 1. The molecule has 1 aromatic carbocycles. The van der Waals surface area contributed by atoms with E-state index in [0.717, 1.165) is 37.0 Å². The fraction of sp³-hybridized carbons (Fsp3) is 0.500. The largest absolute Gasteiger partial charge is 0.497 e. The number of nitrogens with zero attached hydrogens (tertiary/aromatic N) is 2. The number of benzene rings is 1. The van der Waals surface area contributed by atoms with Crippen molar-refractivity contribution in [2.24, 2.45) is 5.73 Å². The van der Waals surface area contributed by atoms with E-state index in [1.807, 2.05) is 31.2 Å². The van der Waals surface area contributed by atoms with Crippen LogP contribution >= 0.6 is 12.4 Å². The highest BCUT2D eigenvalue weighted by Crippen LogP contribution is 2.35. The van der Waals surface area contributed by atoms with E-state index in [-0.39, 0.29) is 18.3 Å². The number of methoxy groups -OCH3 is 1. The second-order valence-electron chi connectivity index (χ2n) is 5.82. The molecule has 0 aliphatic heterocycles. The lowest BCUT2D eigenvalue weighted by Crippen LogP contribution is -2.34. The summed E-state index contributed by atoms with van der Waals surface area (Å²) in [6, 6.07) is 7.90. The van der Waals surface area contributed by atoms with Crippen LogP contribution in [0, 0.1) is 0 Å². The normalized spacial score (nSPS) is 17.8. The Bertz CT molecular complexity index is 623. The lowest BCUT2D eigenvalue weighted by atomic mass is 9.98. The van der Waals surface area contributed by atoms with Gasteiger partial charge in [0, 0.05) is 0 Å². The summed E-state index contributed by atoms with van der Waals surface area (Å²) < 4.78 is 10.7. The summed E-state index contributed by atoms with van der Waals surface area (Å²) in [6.07, 6.45) is 4.12. The van der Waals surface area contributed by atoms with Crippen molar-refractivity contribution in [2.75, 3.05) is 7.11 Å². The van der Waals surface area contributed by atoms with Crippen LogP contribution in [-0.4, -0.2) is 17.3 Å². The molecule has 0 amide bonds. The first-order chi connectivity index (χ1) is 10.1. The van der Waals surface area contributed by atoms with Crippen LogP contribution in [0.1, 0.15) is 55.8 Å². The van der Waals surface area contributed by atoms with Crippen molar-refractivity contribution in [1.82, 2.24) is 10.1 Å². The van der Waals surface area contributed by atoms with Gasteiger partial charge in [-0.05, 0) is 37.5 Å². The summed E-state index contributed by atoms with van der Waals surface area (Å²) >= 11 is 0. The molecule has 6 heteroatoms. The van der Waals surface area contributed by atoms with Gasteiger partial charge >= 0.3 is 0 Å². The van der Waals surface area contributed by atoms with Gasteiger partial charge in [-0.2, -0.15) is 4.98 Å². The molecule has 1 aliphatic rings. The van der Waals surface area contributed by atoms with Gasteiger partial charge in [0.25, 0.3) is 0 Å². The molecule has 0 radical (unpaired) electrons. The monoisotopic (exact) mass is 323 g/mol. The van der Waals surface area contributed by atoms with Crippen LogP contribution < -0.4 is 10.5 Å². The first kappa shape index (κ1) is 16.8. The molecular weight excluding hydrogens is 302 g/mol. The molecule has 1 aromatic heterocycles. The molecule has 2 aromatic rings. The molecule has 1 unspecified atom stereocenters.